The van der Waals surface area contributed by atoms with Crippen molar-refractivity contribution in [1.29, 1.82) is 0 Å². The zero-order chi connectivity index (χ0) is 14.6. The quantitative estimate of drug-likeness (QED) is 0.620. The molecule has 0 bridgehead atoms. The predicted octanol–water partition coefficient (Wildman–Crippen LogP) is 1.67. The Morgan fingerprint density at radius 2 is 2.10 bits per heavy atom. The Balaban J connectivity index is 2.14. The topological polar surface area (TPSA) is 59.6 Å². The first-order valence-corrected chi connectivity index (χ1v) is 6.45. The molecule has 2 N–H and O–H groups in total. The molecular formula is C14H17ClN2O3. The predicted molar refractivity (Wildman–Crippen MR) is 78.0 cm³/mol. The van der Waals surface area contributed by atoms with Gasteiger partial charge in [-0.15, -0.1) is 0 Å². The molecular weight excluding hydrogens is 280 g/mol. The Hall–Kier alpha value is -1.90. The van der Waals surface area contributed by atoms with Gasteiger partial charge in [0.1, 0.15) is 12.4 Å². The first kappa shape index (κ1) is 16.2. The Morgan fingerprint density at radius 1 is 1.30 bits per heavy atom. The molecule has 0 atom stereocenters. The standard InChI is InChI=1S/C14H17ClN2O3/c1-19-11-9-17-14(18)16-8-4-5-10-20-13-7-3-2-6-12(13)15/h2-3,6-7H,8-11H2,1H3,(H2,16,17,18). The van der Waals surface area contributed by atoms with Gasteiger partial charge in [-0.05, 0) is 12.1 Å². The Kier molecular flexibility index (Phi) is 8.04. The first-order chi connectivity index (χ1) is 9.74. The number of nitrogens with one attached hydrogen (secondary N) is 2. The molecule has 20 heavy (non-hydrogen) atoms. The van der Waals surface area contributed by atoms with E-state index in [1.807, 2.05) is 12.1 Å². The lowest BCUT2D eigenvalue weighted by atomic mass is 10.3. The zero-order valence-corrected chi connectivity index (χ0v) is 12.0. The Labute approximate surface area is 123 Å². The number of carbonyl (C=O) groups is 1. The number of methoxy groups -OCH3 is 1. The number of carbonyl (C=O) groups excluding carboxylic acids is 1. The summed E-state index contributed by atoms with van der Waals surface area (Å²) in [6, 6.07) is 6.90. The molecule has 0 spiro atoms. The van der Waals surface area contributed by atoms with Gasteiger partial charge in [0.2, 0.25) is 0 Å². The molecule has 1 rings (SSSR count). The fourth-order valence-corrected chi connectivity index (χ4v) is 1.43. The maximum absolute atomic E-state index is 11.2. The van der Waals surface area contributed by atoms with E-state index in [2.05, 4.69) is 22.5 Å². The van der Waals surface area contributed by atoms with E-state index in [-0.39, 0.29) is 19.2 Å². The highest BCUT2D eigenvalue weighted by Crippen LogP contribution is 2.22. The second kappa shape index (κ2) is 9.96. The fraction of sp³-hybridized carbons (Fsp3) is 0.357. The van der Waals surface area contributed by atoms with Gasteiger partial charge in [-0.2, -0.15) is 0 Å². The van der Waals surface area contributed by atoms with Crippen LogP contribution in [0.25, 0.3) is 0 Å². The molecule has 0 unspecified atom stereocenters. The minimum Gasteiger partial charge on any atom is -0.479 e. The molecule has 0 fully saturated rings. The van der Waals surface area contributed by atoms with Crippen molar-refractivity contribution in [1.82, 2.24) is 10.6 Å². The molecule has 1 aromatic carbocycles. The lowest BCUT2D eigenvalue weighted by Crippen LogP contribution is -2.37. The third-order valence-electron chi connectivity index (χ3n) is 2.19. The molecule has 1 aromatic rings. The molecule has 0 aliphatic heterocycles. The molecule has 0 saturated heterocycles. The number of rotatable bonds is 6. The van der Waals surface area contributed by atoms with Crippen molar-refractivity contribution in [3.63, 3.8) is 0 Å². The van der Waals surface area contributed by atoms with Gasteiger partial charge in [-0.3, -0.25) is 0 Å². The van der Waals surface area contributed by atoms with Crippen LogP contribution in [0.15, 0.2) is 24.3 Å². The van der Waals surface area contributed by atoms with Crippen LogP contribution in [-0.4, -0.2) is 39.4 Å². The van der Waals surface area contributed by atoms with E-state index in [4.69, 9.17) is 21.1 Å². The van der Waals surface area contributed by atoms with Crippen molar-refractivity contribution in [3.8, 4) is 17.6 Å². The van der Waals surface area contributed by atoms with Crippen LogP contribution in [0, 0.1) is 11.8 Å². The SMILES string of the molecule is COCCNC(=O)NCC#CCOc1ccccc1Cl. The van der Waals surface area contributed by atoms with Crippen molar-refractivity contribution >= 4 is 17.6 Å². The molecule has 0 aliphatic carbocycles. The van der Waals surface area contributed by atoms with E-state index in [0.717, 1.165) is 0 Å². The summed E-state index contributed by atoms with van der Waals surface area (Å²) in [7, 11) is 1.57. The second-order valence-corrected chi connectivity index (χ2v) is 4.08. The molecule has 2 amide bonds. The van der Waals surface area contributed by atoms with Crippen LogP contribution in [0.2, 0.25) is 5.02 Å². The lowest BCUT2D eigenvalue weighted by Gasteiger charge is -2.04. The van der Waals surface area contributed by atoms with Gasteiger partial charge in [0.05, 0.1) is 18.2 Å². The maximum atomic E-state index is 11.2. The summed E-state index contributed by atoms with van der Waals surface area (Å²) < 4.78 is 10.2. The van der Waals surface area contributed by atoms with Crippen LogP contribution in [0.5, 0.6) is 5.75 Å². The van der Waals surface area contributed by atoms with Crippen molar-refractivity contribution < 1.29 is 14.3 Å². The smallest absolute Gasteiger partial charge is 0.315 e. The van der Waals surface area contributed by atoms with Gasteiger partial charge >= 0.3 is 6.03 Å². The van der Waals surface area contributed by atoms with Crippen LogP contribution in [-0.2, 0) is 4.74 Å². The van der Waals surface area contributed by atoms with Gasteiger partial charge in [-0.1, -0.05) is 35.6 Å². The Bertz CT molecular complexity index is 483. The maximum Gasteiger partial charge on any atom is 0.315 e. The third-order valence-corrected chi connectivity index (χ3v) is 2.50. The summed E-state index contributed by atoms with van der Waals surface area (Å²) in [6.45, 7) is 1.41. The first-order valence-electron chi connectivity index (χ1n) is 6.07. The molecule has 0 aromatic heterocycles. The average molecular weight is 297 g/mol. The molecule has 5 nitrogen and oxygen atoms in total. The number of halogens is 1. The monoisotopic (exact) mass is 296 g/mol. The summed E-state index contributed by atoms with van der Waals surface area (Å²) in [5.74, 6) is 6.15. The molecule has 108 valence electrons. The van der Waals surface area contributed by atoms with Crippen LogP contribution in [0.3, 0.4) is 0 Å². The summed E-state index contributed by atoms with van der Waals surface area (Å²) in [6.07, 6.45) is 0. The van der Waals surface area contributed by atoms with Crippen molar-refractivity contribution in [2.45, 2.75) is 0 Å². The zero-order valence-electron chi connectivity index (χ0n) is 11.2. The van der Waals surface area contributed by atoms with Crippen LogP contribution >= 0.6 is 11.6 Å². The average Bonchev–Trinajstić information content (AvgIpc) is 2.45. The van der Waals surface area contributed by atoms with E-state index in [0.29, 0.717) is 23.9 Å². The number of benzene rings is 1. The molecule has 0 heterocycles. The van der Waals surface area contributed by atoms with E-state index in [1.54, 1.807) is 19.2 Å². The van der Waals surface area contributed by atoms with E-state index >= 15 is 0 Å². The highest BCUT2D eigenvalue weighted by Gasteiger charge is 1.97. The number of hydrogen-bond donors (Lipinski definition) is 2. The van der Waals surface area contributed by atoms with Gasteiger partial charge in [0, 0.05) is 13.7 Å². The van der Waals surface area contributed by atoms with E-state index in [1.165, 1.54) is 0 Å². The van der Waals surface area contributed by atoms with Crippen molar-refractivity contribution in [3.05, 3.63) is 29.3 Å². The largest absolute Gasteiger partial charge is 0.479 e. The van der Waals surface area contributed by atoms with Crippen molar-refractivity contribution in [2.24, 2.45) is 0 Å². The minimum absolute atomic E-state index is 0.219. The molecule has 6 heteroatoms. The fourth-order valence-electron chi connectivity index (χ4n) is 1.24. The van der Waals surface area contributed by atoms with Gasteiger partial charge in [-0.25, -0.2) is 4.79 Å². The van der Waals surface area contributed by atoms with Crippen LogP contribution in [0.4, 0.5) is 4.79 Å². The Morgan fingerprint density at radius 3 is 2.85 bits per heavy atom. The number of urea groups is 1. The summed E-state index contributed by atoms with van der Waals surface area (Å²) in [4.78, 5) is 11.2. The van der Waals surface area contributed by atoms with Gasteiger partial charge < -0.3 is 20.1 Å². The molecule has 0 radical (unpaired) electrons. The highest BCUT2D eigenvalue weighted by atomic mass is 35.5. The van der Waals surface area contributed by atoms with Gasteiger partial charge in [0.15, 0.2) is 0 Å². The normalized spacial score (nSPS) is 9.30. The summed E-state index contributed by atoms with van der Waals surface area (Å²) in [5, 5.41) is 5.75. The molecule has 0 saturated carbocycles. The second-order valence-electron chi connectivity index (χ2n) is 3.67. The van der Waals surface area contributed by atoms with Crippen LogP contribution < -0.4 is 15.4 Å². The number of amides is 2. The molecule has 0 aliphatic rings. The number of ether oxygens (including phenoxy) is 2. The lowest BCUT2D eigenvalue weighted by molar-refractivity contribution is 0.196. The number of hydrogen-bond acceptors (Lipinski definition) is 3. The third kappa shape index (κ3) is 6.88. The van der Waals surface area contributed by atoms with E-state index in [9.17, 15) is 4.79 Å². The highest BCUT2D eigenvalue weighted by molar-refractivity contribution is 6.32. The van der Waals surface area contributed by atoms with Crippen molar-refractivity contribution in [2.75, 3.05) is 33.4 Å². The van der Waals surface area contributed by atoms with Crippen LogP contribution in [0.1, 0.15) is 0 Å². The minimum atomic E-state index is -0.275. The van der Waals surface area contributed by atoms with E-state index < -0.39 is 0 Å². The summed E-state index contributed by atoms with van der Waals surface area (Å²) in [5.41, 5.74) is 0. The number of para-hydroxylation sites is 1. The van der Waals surface area contributed by atoms with Gasteiger partial charge in [0.25, 0.3) is 0 Å². The summed E-state index contributed by atoms with van der Waals surface area (Å²) >= 11 is 5.92.